The Morgan fingerprint density at radius 1 is 0.652 bits per heavy atom. The summed E-state index contributed by atoms with van der Waals surface area (Å²) in [6.45, 7) is 0.461. The average Bonchev–Trinajstić information content (AvgIpc) is 2.35. The normalized spacial score (nSPS) is 29.9. The zero-order valence-corrected chi connectivity index (χ0v) is 11.3. The predicted molar refractivity (Wildman–Crippen MR) is 49.1 cm³/mol. The summed E-state index contributed by atoms with van der Waals surface area (Å²) in [5.74, 6) is -45.4. The van der Waals surface area contributed by atoms with Crippen LogP contribution in [0.4, 0.5) is 48.3 Å². The fourth-order valence-electron chi connectivity index (χ4n) is 1.53. The third-order valence-electron chi connectivity index (χ3n) is 2.98. The Bertz CT molecular complexity index is 566. The first-order valence-electron chi connectivity index (χ1n) is 5.28. The zero-order chi connectivity index (χ0) is 18.9. The molecule has 3 nitrogen and oxygen atoms in total. The monoisotopic (exact) mass is 390 g/mol. The molecular weight excluding hydrogens is 385 g/mol. The van der Waals surface area contributed by atoms with Gasteiger partial charge in [-0.1, -0.05) is 0 Å². The quantitative estimate of drug-likeness (QED) is 0.549. The molecule has 1 saturated carbocycles. The van der Waals surface area contributed by atoms with Crippen molar-refractivity contribution in [2.24, 2.45) is 0 Å². The largest absolute Gasteiger partial charge is 0.384 e. The van der Waals surface area contributed by atoms with Gasteiger partial charge in [-0.3, -0.25) is 0 Å². The summed E-state index contributed by atoms with van der Waals surface area (Å²) >= 11 is 0. The van der Waals surface area contributed by atoms with Crippen LogP contribution >= 0.6 is 0 Å². The van der Waals surface area contributed by atoms with Gasteiger partial charge in [0.05, 0.1) is 5.75 Å². The van der Waals surface area contributed by atoms with E-state index in [1.807, 2.05) is 0 Å². The van der Waals surface area contributed by atoms with Crippen LogP contribution in [-0.2, 0) is 14.3 Å². The highest BCUT2D eigenvalue weighted by atomic mass is 32.2. The summed E-state index contributed by atoms with van der Waals surface area (Å²) in [6, 6.07) is 0. The molecule has 0 heterocycles. The SMILES string of the molecule is CCS(=O)(=O)OC1(F)C(F)(F)C(F)(F)C(F)(F)C(F)(F)C1(F)F. The van der Waals surface area contributed by atoms with Crippen molar-refractivity contribution in [2.75, 3.05) is 5.75 Å². The van der Waals surface area contributed by atoms with Crippen molar-refractivity contribution in [2.45, 2.75) is 42.4 Å². The van der Waals surface area contributed by atoms with Crippen molar-refractivity contribution in [1.82, 2.24) is 0 Å². The smallest absolute Gasteiger partial charge is 0.217 e. The second-order valence-corrected chi connectivity index (χ2v) is 6.26. The van der Waals surface area contributed by atoms with E-state index >= 15 is 0 Å². The predicted octanol–water partition coefficient (Wildman–Crippen LogP) is 3.21. The maximum absolute atomic E-state index is 13.8. The van der Waals surface area contributed by atoms with Gasteiger partial charge in [-0.05, 0) is 6.92 Å². The maximum atomic E-state index is 13.8. The molecule has 138 valence electrons. The summed E-state index contributed by atoms with van der Waals surface area (Å²) in [7, 11) is -5.80. The molecule has 15 heteroatoms. The topological polar surface area (TPSA) is 43.4 Å². The third-order valence-corrected chi connectivity index (χ3v) is 4.17. The van der Waals surface area contributed by atoms with Gasteiger partial charge in [0.1, 0.15) is 0 Å². The molecular formula is C8H5F11O3S. The lowest BCUT2D eigenvalue weighted by atomic mass is 9.79. The molecule has 23 heavy (non-hydrogen) atoms. The van der Waals surface area contributed by atoms with Gasteiger partial charge in [0.25, 0.3) is 10.1 Å². The van der Waals surface area contributed by atoms with E-state index in [-0.39, 0.29) is 0 Å². The van der Waals surface area contributed by atoms with Crippen LogP contribution in [0.25, 0.3) is 0 Å². The molecule has 0 aromatic heterocycles. The lowest BCUT2D eigenvalue weighted by molar-refractivity contribution is -0.513. The van der Waals surface area contributed by atoms with E-state index in [0.29, 0.717) is 6.92 Å². The van der Waals surface area contributed by atoms with Gasteiger partial charge in [-0.25, -0.2) is 4.18 Å². The minimum absolute atomic E-state index is 0.461. The van der Waals surface area contributed by atoms with E-state index in [4.69, 9.17) is 0 Å². The lowest BCUT2D eigenvalue weighted by Crippen LogP contribution is -2.84. The van der Waals surface area contributed by atoms with Crippen LogP contribution in [0.5, 0.6) is 0 Å². The molecule has 0 radical (unpaired) electrons. The molecule has 0 aromatic carbocycles. The van der Waals surface area contributed by atoms with Crippen molar-refractivity contribution in [3.63, 3.8) is 0 Å². The van der Waals surface area contributed by atoms with Gasteiger partial charge in [0.15, 0.2) is 0 Å². The second-order valence-electron chi connectivity index (χ2n) is 4.40. The first-order chi connectivity index (χ1) is 9.77. The summed E-state index contributed by atoms with van der Waals surface area (Å²) < 4.78 is 168. The summed E-state index contributed by atoms with van der Waals surface area (Å²) in [4.78, 5) is 0. The van der Waals surface area contributed by atoms with Crippen LogP contribution in [0.1, 0.15) is 6.92 Å². The summed E-state index contributed by atoms with van der Waals surface area (Å²) in [6.07, 6.45) is 0. The molecule has 1 aliphatic carbocycles. The number of hydrogen-bond donors (Lipinski definition) is 0. The van der Waals surface area contributed by atoms with Crippen molar-refractivity contribution >= 4 is 10.1 Å². The fraction of sp³-hybridized carbons (Fsp3) is 1.00. The minimum atomic E-state index is -7.41. The highest BCUT2D eigenvalue weighted by Crippen LogP contribution is 2.69. The number of halogens is 11. The van der Waals surface area contributed by atoms with E-state index < -0.39 is 51.3 Å². The Morgan fingerprint density at radius 3 is 1.17 bits per heavy atom. The van der Waals surface area contributed by atoms with Crippen molar-refractivity contribution in [3.8, 4) is 0 Å². The first kappa shape index (κ1) is 20.2. The lowest BCUT2D eigenvalue weighted by Gasteiger charge is -2.51. The molecule has 1 fully saturated rings. The van der Waals surface area contributed by atoms with Crippen LogP contribution in [0.15, 0.2) is 0 Å². The van der Waals surface area contributed by atoms with Gasteiger partial charge in [-0.15, -0.1) is 0 Å². The maximum Gasteiger partial charge on any atom is 0.384 e. The van der Waals surface area contributed by atoms with Gasteiger partial charge >= 0.3 is 35.5 Å². The van der Waals surface area contributed by atoms with E-state index in [1.54, 1.807) is 0 Å². The van der Waals surface area contributed by atoms with Gasteiger partial charge in [-0.2, -0.15) is 56.7 Å². The number of rotatable bonds is 3. The van der Waals surface area contributed by atoms with Crippen LogP contribution in [0, 0.1) is 0 Å². The van der Waals surface area contributed by atoms with E-state index in [2.05, 4.69) is 4.18 Å². The first-order valence-corrected chi connectivity index (χ1v) is 6.86. The molecule has 0 N–H and O–H groups in total. The van der Waals surface area contributed by atoms with Crippen LogP contribution in [-0.4, -0.2) is 49.6 Å². The van der Waals surface area contributed by atoms with E-state index in [0.717, 1.165) is 0 Å². The molecule has 0 bridgehead atoms. The van der Waals surface area contributed by atoms with Crippen molar-refractivity contribution < 1.29 is 60.9 Å². The third kappa shape index (κ3) is 2.01. The number of hydrogen-bond acceptors (Lipinski definition) is 3. The molecule has 1 aliphatic rings. The average molecular weight is 390 g/mol. The van der Waals surface area contributed by atoms with Crippen LogP contribution < -0.4 is 0 Å². The molecule has 0 aromatic rings. The van der Waals surface area contributed by atoms with E-state index in [1.165, 1.54) is 0 Å². The zero-order valence-electron chi connectivity index (χ0n) is 10.5. The highest BCUT2D eigenvalue weighted by molar-refractivity contribution is 7.86. The molecule has 0 saturated heterocycles. The summed E-state index contributed by atoms with van der Waals surface area (Å²) in [5, 5.41) is 0. The van der Waals surface area contributed by atoms with Crippen molar-refractivity contribution in [1.29, 1.82) is 0 Å². The van der Waals surface area contributed by atoms with Crippen LogP contribution in [0.2, 0.25) is 0 Å². The molecule has 0 atom stereocenters. The Balaban J connectivity index is 3.82. The van der Waals surface area contributed by atoms with Gasteiger partial charge < -0.3 is 0 Å². The Labute approximate surface area is 120 Å². The molecule has 0 aliphatic heterocycles. The highest BCUT2D eigenvalue weighted by Gasteiger charge is 3.02. The Morgan fingerprint density at radius 2 is 0.913 bits per heavy atom. The molecule has 0 amide bonds. The number of alkyl halides is 11. The fourth-order valence-corrected chi connectivity index (χ4v) is 2.21. The van der Waals surface area contributed by atoms with Crippen molar-refractivity contribution in [3.05, 3.63) is 0 Å². The molecule has 0 spiro atoms. The van der Waals surface area contributed by atoms with Crippen LogP contribution in [0.3, 0.4) is 0 Å². The Hall–Kier alpha value is -0.860. The standard InChI is InChI=1S/C8H5F11O3S/c1-2-23(20,21)22-8(19)6(15,16)4(11,12)3(9,10)5(13,14)7(8,17)18/h2H2,1H3. The minimum Gasteiger partial charge on any atom is -0.217 e. The second kappa shape index (κ2) is 4.61. The molecule has 1 rings (SSSR count). The van der Waals surface area contributed by atoms with E-state index in [9.17, 15) is 56.7 Å². The summed E-state index contributed by atoms with van der Waals surface area (Å²) in [5.41, 5.74) is 0. The van der Waals surface area contributed by atoms with Gasteiger partial charge in [0.2, 0.25) is 0 Å². The van der Waals surface area contributed by atoms with Gasteiger partial charge in [0, 0.05) is 0 Å². The Kier molecular flexibility index (Phi) is 4.04. The molecule has 0 unspecified atom stereocenters.